The highest BCUT2D eigenvalue weighted by atomic mass is 79.9. The molecule has 1 aromatic rings. The molecule has 0 aliphatic heterocycles. The molecule has 1 aromatic carbocycles. The fraction of sp³-hybridized carbons (Fsp3) is 0.455. The highest BCUT2D eigenvalue weighted by Gasteiger charge is 2.12. The van der Waals surface area contributed by atoms with E-state index in [1.165, 1.54) is 12.1 Å². The summed E-state index contributed by atoms with van der Waals surface area (Å²) in [5.41, 5.74) is 6.63. The van der Waals surface area contributed by atoms with Crippen LogP contribution in [0.25, 0.3) is 0 Å². The van der Waals surface area contributed by atoms with Crippen molar-refractivity contribution in [3.8, 4) is 0 Å². The van der Waals surface area contributed by atoms with E-state index in [1.807, 2.05) is 0 Å². The molecule has 90 valence electrons. The minimum atomic E-state index is -0.261. The third-order valence-electron chi connectivity index (χ3n) is 2.27. The van der Waals surface area contributed by atoms with Crippen LogP contribution in [-0.2, 0) is 4.74 Å². The Morgan fingerprint density at radius 1 is 1.56 bits per heavy atom. The molecule has 0 aromatic heterocycles. The number of nitrogens with one attached hydrogen (secondary N) is 1. The van der Waals surface area contributed by atoms with Gasteiger partial charge in [0.2, 0.25) is 0 Å². The number of hydrogen-bond acceptors (Lipinski definition) is 3. The van der Waals surface area contributed by atoms with Gasteiger partial charge < -0.3 is 15.8 Å². The molecule has 0 heterocycles. The second kappa shape index (κ2) is 6.96. The molecule has 0 saturated carbocycles. The highest BCUT2D eigenvalue weighted by molar-refractivity contribution is 9.10. The number of nitrogens with two attached hydrogens (primary N) is 1. The number of benzene rings is 1. The van der Waals surface area contributed by atoms with E-state index < -0.39 is 0 Å². The van der Waals surface area contributed by atoms with Crippen molar-refractivity contribution in [1.29, 1.82) is 0 Å². The third kappa shape index (κ3) is 3.83. The average molecular weight is 291 g/mol. The number of methoxy groups -OCH3 is 1. The predicted octanol–water partition coefficient (Wildman–Crippen LogP) is 1.82. The first kappa shape index (κ1) is 13.6. The molecule has 0 aliphatic carbocycles. The largest absolute Gasteiger partial charge is 0.383 e. The molecular weight excluding hydrogens is 275 g/mol. The summed E-state index contributed by atoms with van der Waals surface area (Å²) < 4.78 is 18.6. The Bertz CT molecular complexity index is 336. The summed E-state index contributed by atoms with van der Waals surface area (Å²) in [6.45, 7) is 1.78. The van der Waals surface area contributed by atoms with Crippen molar-refractivity contribution in [2.45, 2.75) is 6.04 Å². The van der Waals surface area contributed by atoms with Gasteiger partial charge in [0.05, 0.1) is 6.61 Å². The van der Waals surface area contributed by atoms with Crippen LogP contribution in [0.5, 0.6) is 0 Å². The summed E-state index contributed by atoms with van der Waals surface area (Å²) in [7, 11) is 1.65. The maximum Gasteiger partial charge on any atom is 0.124 e. The van der Waals surface area contributed by atoms with Gasteiger partial charge in [-0.2, -0.15) is 0 Å². The van der Waals surface area contributed by atoms with Crippen LogP contribution in [-0.4, -0.2) is 26.8 Å². The maximum absolute atomic E-state index is 12.9. The zero-order valence-electron chi connectivity index (χ0n) is 9.17. The van der Waals surface area contributed by atoms with E-state index in [1.54, 1.807) is 13.2 Å². The minimum absolute atomic E-state index is 0.00475. The Morgan fingerprint density at radius 3 is 2.88 bits per heavy atom. The van der Waals surface area contributed by atoms with Crippen molar-refractivity contribution < 1.29 is 9.13 Å². The Hall–Kier alpha value is -0.490. The lowest BCUT2D eigenvalue weighted by Crippen LogP contribution is -2.31. The first-order valence-electron chi connectivity index (χ1n) is 5.06. The van der Waals surface area contributed by atoms with Crippen LogP contribution < -0.4 is 11.1 Å². The van der Waals surface area contributed by atoms with Gasteiger partial charge in [-0.05, 0) is 17.7 Å². The van der Waals surface area contributed by atoms with Gasteiger partial charge in [-0.25, -0.2) is 4.39 Å². The van der Waals surface area contributed by atoms with E-state index in [-0.39, 0.29) is 11.9 Å². The lowest BCUT2D eigenvalue weighted by molar-refractivity contribution is 0.196. The molecule has 1 rings (SSSR count). The molecule has 5 heteroatoms. The lowest BCUT2D eigenvalue weighted by Gasteiger charge is -2.18. The van der Waals surface area contributed by atoms with Crippen molar-refractivity contribution in [3.63, 3.8) is 0 Å². The number of ether oxygens (including phenoxy) is 1. The quantitative estimate of drug-likeness (QED) is 0.786. The molecule has 0 bridgehead atoms. The van der Waals surface area contributed by atoms with Crippen LogP contribution in [0, 0.1) is 5.82 Å². The summed E-state index contributed by atoms with van der Waals surface area (Å²) in [5.74, 6) is -0.261. The Morgan fingerprint density at radius 2 is 2.31 bits per heavy atom. The third-order valence-corrected chi connectivity index (χ3v) is 2.96. The Balaban J connectivity index is 2.70. The summed E-state index contributed by atoms with van der Waals surface area (Å²) in [6.07, 6.45) is 0. The molecule has 0 spiro atoms. The van der Waals surface area contributed by atoms with E-state index in [0.717, 1.165) is 10.0 Å². The zero-order chi connectivity index (χ0) is 12.0. The Labute approximate surface area is 103 Å². The van der Waals surface area contributed by atoms with E-state index >= 15 is 0 Å². The Kier molecular flexibility index (Phi) is 5.90. The van der Waals surface area contributed by atoms with Crippen LogP contribution in [0.3, 0.4) is 0 Å². The normalized spacial score (nSPS) is 12.8. The second-order valence-electron chi connectivity index (χ2n) is 3.40. The molecule has 0 radical (unpaired) electrons. The van der Waals surface area contributed by atoms with E-state index in [2.05, 4.69) is 21.2 Å². The van der Waals surface area contributed by atoms with Crippen LogP contribution >= 0.6 is 15.9 Å². The maximum atomic E-state index is 12.9. The topological polar surface area (TPSA) is 47.3 Å². The van der Waals surface area contributed by atoms with Gasteiger partial charge in [0, 0.05) is 30.7 Å². The summed E-state index contributed by atoms with van der Waals surface area (Å²) in [4.78, 5) is 0. The van der Waals surface area contributed by atoms with E-state index in [9.17, 15) is 4.39 Å². The van der Waals surface area contributed by atoms with Gasteiger partial charge in [0.25, 0.3) is 0 Å². The van der Waals surface area contributed by atoms with Gasteiger partial charge in [-0.1, -0.05) is 22.0 Å². The van der Waals surface area contributed by atoms with Crippen molar-refractivity contribution >= 4 is 15.9 Å². The molecule has 1 unspecified atom stereocenters. The van der Waals surface area contributed by atoms with E-state index in [4.69, 9.17) is 10.5 Å². The van der Waals surface area contributed by atoms with Gasteiger partial charge in [-0.15, -0.1) is 0 Å². The van der Waals surface area contributed by atoms with Crippen molar-refractivity contribution in [2.75, 3.05) is 26.8 Å². The van der Waals surface area contributed by atoms with Crippen LogP contribution in [0.15, 0.2) is 22.7 Å². The molecule has 3 N–H and O–H groups in total. The van der Waals surface area contributed by atoms with Crippen molar-refractivity contribution in [1.82, 2.24) is 5.32 Å². The molecule has 16 heavy (non-hydrogen) atoms. The molecule has 0 saturated heterocycles. The molecule has 0 amide bonds. The molecular formula is C11H16BrFN2O. The molecule has 1 atom stereocenters. The highest BCUT2D eigenvalue weighted by Crippen LogP contribution is 2.23. The first-order valence-corrected chi connectivity index (χ1v) is 5.85. The standard InChI is InChI=1S/C11H16BrFN2O/c1-16-5-4-15-11(7-14)9-3-2-8(13)6-10(9)12/h2-3,6,11,15H,4-5,7,14H2,1H3. The van der Waals surface area contributed by atoms with E-state index in [0.29, 0.717) is 19.7 Å². The molecule has 0 aliphatic rings. The zero-order valence-corrected chi connectivity index (χ0v) is 10.8. The fourth-order valence-corrected chi connectivity index (χ4v) is 2.07. The average Bonchev–Trinajstić information content (AvgIpc) is 2.26. The van der Waals surface area contributed by atoms with Crippen LogP contribution in [0.1, 0.15) is 11.6 Å². The van der Waals surface area contributed by atoms with Gasteiger partial charge in [0.1, 0.15) is 5.82 Å². The van der Waals surface area contributed by atoms with Gasteiger partial charge >= 0.3 is 0 Å². The summed E-state index contributed by atoms with van der Waals surface area (Å²) in [5, 5.41) is 3.24. The van der Waals surface area contributed by atoms with Crippen molar-refractivity contribution in [3.05, 3.63) is 34.1 Å². The second-order valence-corrected chi connectivity index (χ2v) is 4.26. The monoisotopic (exact) mass is 290 g/mol. The lowest BCUT2D eigenvalue weighted by atomic mass is 10.1. The van der Waals surface area contributed by atoms with Crippen molar-refractivity contribution in [2.24, 2.45) is 5.73 Å². The summed E-state index contributed by atoms with van der Waals surface area (Å²) >= 11 is 3.33. The number of rotatable bonds is 6. The minimum Gasteiger partial charge on any atom is -0.383 e. The summed E-state index contributed by atoms with van der Waals surface area (Å²) in [6, 6.07) is 4.61. The fourth-order valence-electron chi connectivity index (χ4n) is 1.44. The molecule has 3 nitrogen and oxygen atoms in total. The van der Waals surface area contributed by atoms with Gasteiger partial charge in [-0.3, -0.25) is 0 Å². The number of halogens is 2. The van der Waals surface area contributed by atoms with Crippen LogP contribution in [0.2, 0.25) is 0 Å². The van der Waals surface area contributed by atoms with Gasteiger partial charge in [0.15, 0.2) is 0 Å². The number of hydrogen-bond donors (Lipinski definition) is 2. The SMILES string of the molecule is COCCNC(CN)c1ccc(F)cc1Br. The first-order chi connectivity index (χ1) is 7.69. The predicted molar refractivity (Wildman–Crippen MR) is 65.8 cm³/mol. The molecule has 0 fully saturated rings. The van der Waals surface area contributed by atoms with Crippen LogP contribution in [0.4, 0.5) is 4.39 Å². The smallest absolute Gasteiger partial charge is 0.124 e.